The van der Waals surface area contributed by atoms with Crippen LogP contribution in [0, 0.1) is 11.3 Å². The number of benzene rings is 1. The molecule has 182 valence electrons. The van der Waals surface area contributed by atoms with Crippen molar-refractivity contribution in [1.29, 1.82) is 5.26 Å². The average Bonchev–Trinajstić information content (AvgIpc) is 3.21. The second-order valence-corrected chi connectivity index (χ2v) is 8.73. The van der Waals surface area contributed by atoms with Gasteiger partial charge in [0.25, 0.3) is 11.8 Å². The van der Waals surface area contributed by atoms with E-state index in [1.54, 1.807) is 37.6 Å². The van der Waals surface area contributed by atoms with Crippen molar-refractivity contribution in [3.63, 3.8) is 0 Å². The van der Waals surface area contributed by atoms with E-state index in [-0.39, 0.29) is 17.9 Å². The molecular formula is C25H29N7O3. The largest absolute Gasteiger partial charge is 0.385 e. The quantitative estimate of drug-likeness (QED) is 0.522. The van der Waals surface area contributed by atoms with E-state index in [9.17, 15) is 9.59 Å². The summed E-state index contributed by atoms with van der Waals surface area (Å²) in [7, 11) is 3.69. The number of pyridine rings is 1. The van der Waals surface area contributed by atoms with E-state index in [2.05, 4.69) is 34.2 Å². The number of nitrogens with one attached hydrogen (secondary N) is 1. The number of rotatable bonds is 7. The molecule has 35 heavy (non-hydrogen) atoms. The molecule has 1 aliphatic heterocycles. The zero-order chi connectivity index (χ0) is 24.9. The van der Waals surface area contributed by atoms with Crippen LogP contribution in [-0.4, -0.2) is 82.6 Å². The summed E-state index contributed by atoms with van der Waals surface area (Å²) in [6.07, 6.45) is 2.26. The van der Waals surface area contributed by atoms with Crippen molar-refractivity contribution in [2.75, 3.05) is 45.7 Å². The molecule has 1 N–H and O–H groups in total. The molecule has 0 spiro atoms. The maximum Gasteiger partial charge on any atom is 0.258 e. The molecule has 0 aliphatic carbocycles. The summed E-state index contributed by atoms with van der Waals surface area (Å²) in [5, 5.41) is 12.0. The third-order valence-corrected chi connectivity index (χ3v) is 6.29. The number of methoxy groups -OCH3 is 1. The Labute approximate surface area is 204 Å². The van der Waals surface area contributed by atoms with Crippen molar-refractivity contribution >= 4 is 28.9 Å². The SMILES string of the molecule is COCCCn1c(NC(=O)c2cccc(C#N)c2)nc2cc(C(=O)N3CCN(C)[C@H](C)C3)cnc21. The van der Waals surface area contributed by atoms with E-state index in [4.69, 9.17) is 10.00 Å². The van der Waals surface area contributed by atoms with Crippen LogP contribution in [0.2, 0.25) is 0 Å². The van der Waals surface area contributed by atoms with Gasteiger partial charge in [-0.25, -0.2) is 9.97 Å². The van der Waals surface area contributed by atoms with Gasteiger partial charge in [0, 0.05) is 57.7 Å². The average molecular weight is 476 g/mol. The monoisotopic (exact) mass is 475 g/mol. The molecule has 2 aromatic heterocycles. The summed E-state index contributed by atoms with van der Waals surface area (Å²) in [5.41, 5.74) is 2.32. The van der Waals surface area contributed by atoms with Crippen LogP contribution in [-0.2, 0) is 11.3 Å². The van der Waals surface area contributed by atoms with Crippen molar-refractivity contribution in [3.05, 3.63) is 53.2 Å². The molecule has 0 saturated carbocycles. The normalized spacial score (nSPS) is 16.3. The molecule has 1 aliphatic rings. The minimum atomic E-state index is -0.381. The number of anilines is 1. The van der Waals surface area contributed by atoms with Crippen LogP contribution < -0.4 is 5.32 Å². The first-order chi connectivity index (χ1) is 16.9. The van der Waals surface area contributed by atoms with Crippen LogP contribution in [0.15, 0.2) is 36.5 Å². The summed E-state index contributed by atoms with van der Waals surface area (Å²) in [6.45, 7) is 5.29. The number of nitriles is 1. The number of imidazole rings is 1. The Hall–Kier alpha value is -3.81. The van der Waals surface area contributed by atoms with Gasteiger partial charge >= 0.3 is 0 Å². The van der Waals surface area contributed by atoms with Crippen molar-refractivity contribution in [2.45, 2.75) is 25.9 Å². The zero-order valence-corrected chi connectivity index (χ0v) is 20.2. The summed E-state index contributed by atoms with van der Waals surface area (Å²) in [4.78, 5) is 39.3. The second-order valence-electron chi connectivity index (χ2n) is 8.73. The molecule has 1 saturated heterocycles. The third kappa shape index (κ3) is 5.31. The number of amides is 2. The number of aromatic nitrogens is 3. The number of likely N-dealkylation sites (N-methyl/N-ethyl adjacent to an activating group) is 1. The minimum absolute atomic E-state index is 0.0767. The molecule has 0 bridgehead atoms. The summed E-state index contributed by atoms with van der Waals surface area (Å²) < 4.78 is 6.99. The first-order valence-electron chi connectivity index (χ1n) is 11.6. The Bertz CT molecular complexity index is 1280. The molecule has 0 radical (unpaired) electrons. The van der Waals surface area contributed by atoms with Crippen LogP contribution in [0.25, 0.3) is 11.2 Å². The van der Waals surface area contributed by atoms with Gasteiger partial charge in [-0.1, -0.05) is 6.07 Å². The van der Waals surface area contributed by atoms with E-state index in [1.165, 1.54) is 6.07 Å². The van der Waals surface area contributed by atoms with Crippen molar-refractivity contribution < 1.29 is 14.3 Å². The van der Waals surface area contributed by atoms with Gasteiger partial charge in [-0.3, -0.25) is 19.5 Å². The highest BCUT2D eigenvalue weighted by Crippen LogP contribution is 2.22. The smallest absolute Gasteiger partial charge is 0.258 e. The molecule has 1 fully saturated rings. The lowest BCUT2D eigenvalue weighted by Crippen LogP contribution is -2.52. The van der Waals surface area contributed by atoms with Crippen molar-refractivity contribution in [3.8, 4) is 6.07 Å². The standard InChI is InChI=1S/C25H29N7O3/c1-17-16-31(10-9-30(17)2)24(34)20-13-21-22(27-15-20)32(8-5-11-35-3)25(28-21)29-23(33)19-7-4-6-18(12-19)14-26/h4,6-7,12-13,15,17H,5,8-11,16H2,1-3H3,(H,28,29,33)/t17-/m1/s1. The second kappa shape index (κ2) is 10.6. The van der Waals surface area contributed by atoms with Crippen LogP contribution in [0.3, 0.4) is 0 Å². The van der Waals surface area contributed by atoms with Gasteiger partial charge in [-0.05, 0) is 44.7 Å². The van der Waals surface area contributed by atoms with Crippen LogP contribution in [0.5, 0.6) is 0 Å². The first-order valence-corrected chi connectivity index (χ1v) is 11.6. The van der Waals surface area contributed by atoms with E-state index < -0.39 is 0 Å². The predicted octanol–water partition coefficient (Wildman–Crippen LogP) is 2.37. The molecule has 3 aromatic rings. The molecule has 10 heteroatoms. The fourth-order valence-corrected chi connectivity index (χ4v) is 4.12. The Morgan fingerprint density at radius 3 is 2.83 bits per heavy atom. The van der Waals surface area contributed by atoms with Crippen molar-refractivity contribution in [1.82, 2.24) is 24.3 Å². The Balaban J connectivity index is 1.63. The Morgan fingerprint density at radius 2 is 2.09 bits per heavy atom. The number of carbonyl (C=O) groups excluding carboxylic acids is 2. The van der Waals surface area contributed by atoms with E-state index in [1.807, 2.05) is 15.5 Å². The minimum Gasteiger partial charge on any atom is -0.385 e. The molecule has 10 nitrogen and oxygen atoms in total. The number of piperazine rings is 1. The number of hydrogen-bond acceptors (Lipinski definition) is 7. The molecule has 3 heterocycles. The lowest BCUT2D eigenvalue weighted by atomic mass is 10.1. The van der Waals surface area contributed by atoms with Crippen LogP contribution in [0.1, 0.15) is 39.6 Å². The summed E-state index contributed by atoms with van der Waals surface area (Å²) in [6, 6.07) is 10.5. The van der Waals surface area contributed by atoms with Crippen molar-refractivity contribution in [2.24, 2.45) is 0 Å². The van der Waals surface area contributed by atoms with Crippen LogP contribution >= 0.6 is 0 Å². The van der Waals surface area contributed by atoms with Gasteiger partial charge in [0.1, 0.15) is 5.52 Å². The van der Waals surface area contributed by atoms with E-state index in [0.717, 1.165) is 6.54 Å². The fraction of sp³-hybridized carbons (Fsp3) is 0.400. The maximum atomic E-state index is 13.1. The number of fused-ring (bicyclic) bond motifs is 1. The topological polar surface area (TPSA) is 116 Å². The number of ether oxygens (including phenoxy) is 1. The van der Waals surface area contributed by atoms with Gasteiger partial charge in [0.05, 0.1) is 17.2 Å². The number of aryl methyl sites for hydroxylation is 1. The van der Waals surface area contributed by atoms with Gasteiger partial charge in [-0.2, -0.15) is 5.26 Å². The lowest BCUT2D eigenvalue weighted by Gasteiger charge is -2.37. The highest BCUT2D eigenvalue weighted by atomic mass is 16.5. The van der Waals surface area contributed by atoms with Gasteiger partial charge in [-0.15, -0.1) is 0 Å². The van der Waals surface area contributed by atoms with E-state index >= 15 is 0 Å². The predicted molar refractivity (Wildman–Crippen MR) is 131 cm³/mol. The van der Waals surface area contributed by atoms with Crippen LogP contribution in [0.4, 0.5) is 5.95 Å². The lowest BCUT2D eigenvalue weighted by molar-refractivity contribution is 0.0572. The highest BCUT2D eigenvalue weighted by Gasteiger charge is 2.26. The number of carbonyl (C=O) groups is 2. The number of nitrogens with zero attached hydrogens (tertiary/aromatic N) is 6. The zero-order valence-electron chi connectivity index (χ0n) is 20.2. The highest BCUT2D eigenvalue weighted by molar-refractivity contribution is 6.04. The Morgan fingerprint density at radius 1 is 1.26 bits per heavy atom. The summed E-state index contributed by atoms with van der Waals surface area (Å²) >= 11 is 0. The van der Waals surface area contributed by atoms with Gasteiger partial charge in [0.15, 0.2) is 5.65 Å². The maximum absolute atomic E-state index is 13.1. The molecule has 0 unspecified atom stereocenters. The third-order valence-electron chi connectivity index (χ3n) is 6.29. The van der Waals surface area contributed by atoms with Gasteiger partial charge in [0.2, 0.25) is 5.95 Å². The Kier molecular flexibility index (Phi) is 7.39. The molecule has 4 rings (SSSR count). The molecule has 1 aromatic carbocycles. The fourth-order valence-electron chi connectivity index (χ4n) is 4.12. The van der Waals surface area contributed by atoms with Gasteiger partial charge < -0.3 is 14.5 Å². The molecular weight excluding hydrogens is 446 g/mol. The van der Waals surface area contributed by atoms with E-state index in [0.29, 0.717) is 66.5 Å². The first kappa shape index (κ1) is 24.3. The number of hydrogen-bond donors (Lipinski definition) is 1. The molecule has 1 atom stereocenters. The molecule has 2 amide bonds. The summed E-state index contributed by atoms with van der Waals surface area (Å²) in [5.74, 6) is -0.130.